The van der Waals surface area contributed by atoms with E-state index in [4.69, 9.17) is 9.47 Å². The van der Waals surface area contributed by atoms with Crippen LogP contribution in [0.2, 0.25) is 0 Å². The number of hydrogen-bond donors (Lipinski definition) is 1. The Balaban J connectivity index is 1.68. The zero-order valence-corrected chi connectivity index (χ0v) is 17.2. The fourth-order valence-corrected chi connectivity index (χ4v) is 3.21. The van der Waals surface area contributed by atoms with Crippen molar-refractivity contribution in [2.24, 2.45) is 0 Å². The van der Waals surface area contributed by atoms with Crippen molar-refractivity contribution in [3.8, 4) is 5.75 Å². The van der Waals surface area contributed by atoms with Crippen LogP contribution in [0.3, 0.4) is 0 Å². The van der Waals surface area contributed by atoms with Gasteiger partial charge < -0.3 is 14.8 Å². The quantitative estimate of drug-likeness (QED) is 0.464. The van der Waals surface area contributed by atoms with Crippen molar-refractivity contribution in [1.82, 2.24) is 5.32 Å². The third kappa shape index (κ3) is 5.82. The van der Waals surface area contributed by atoms with Gasteiger partial charge in [0.2, 0.25) is 0 Å². The lowest BCUT2D eigenvalue weighted by atomic mass is 10.0. The Morgan fingerprint density at radius 2 is 1.71 bits per heavy atom. The zero-order chi connectivity index (χ0) is 19.8. The summed E-state index contributed by atoms with van der Waals surface area (Å²) in [6, 6.07) is 21.2. The predicted octanol–water partition coefficient (Wildman–Crippen LogP) is 5.63. The number of ether oxygens (including phenoxy) is 2. The lowest BCUT2D eigenvalue weighted by Gasteiger charge is -2.15. The van der Waals surface area contributed by atoms with E-state index in [9.17, 15) is 0 Å². The molecular weight excluding hydrogens is 346 g/mol. The zero-order valence-electron chi connectivity index (χ0n) is 17.2. The highest BCUT2D eigenvalue weighted by Crippen LogP contribution is 2.28. The largest absolute Gasteiger partial charge is 0.489 e. The Morgan fingerprint density at radius 3 is 2.50 bits per heavy atom. The van der Waals surface area contributed by atoms with Crippen molar-refractivity contribution in [2.75, 3.05) is 13.2 Å². The highest BCUT2D eigenvalue weighted by molar-refractivity contribution is 5.87. The molecule has 0 radical (unpaired) electrons. The van der Waals surface area contributed by atoms with E-state index in [0.29, 0.717) is 12.7 Å². The maximum absolute atomic E-state index is 6.22. The SMILES string of the molecule is Cc1ccc(COc2ccc3ccccc3c2CNCCCOC(C)C)cc1. The van der Waals surface area contributed by atoms with Gasteiger partial charge in [-0.25, -0.2) is 0 Å². The van der Waals surface area contributed by atoms with Crippen LogP contribution in [-0.4, -0.2) is 19.3 Å². The fourth-order valence-electron chi connectivity index (χ4n) is 3.21. The molecule has 3 aromatic carbocycles. The lowest BCUT2D eigenvalue weighted by molar-refractivity contribution is 0.0770. The van der Waals surface area contributed by atoms with E-state index in [1.807, 2.05) is 0 Å². The smallest absolute Gasteiger partial charge is 0.124 e. The number of rotatable bonds is 10. The number of benzene rings is 3. The molecule has 148 valence electrons. The number of aryl methyl sites for hydroxylation is 1. The Kier molecular flexibility index (Phi) is 7.46. The molecule has 3 rings (SSSR count). The monoisotopic (exact) mass is 377 g/mol. The van der Waals surface area contributed by atoms with Crippen LogP contribution in [0.1, 0.15) is 37.0 Å². The standard InChI is InChI=1S/C25H31NO2/c1-19(2)27-16-6-15-26-17-24-23-8-5-4-7-22(23)13-14-25(24)28-18-21-11-9-20(3)10-12-21/h4-5,7-14,19,26H,6,15-18H2,1-3H3. The minimum absolute atomic E-state index is 0.292. The maximum Gasteiger partial charge on any atom is 0.124 e. The molecule has 0 saturated heterocycles. The van der Waals surface area contributed by atoms with Crippen molar-refractivity contribution >= 4 is 10.8 Å². The predicted molar refractivity (Wildman–Crippen MR) is 117 cm³/mol. The van der Waals surface area contributed by atoms with Gasteiger partial charge in [0.25, 0.3) is 0 Å². The molecule has 3 nitrogen and oxygen atoms in total. The normalized spacial score (nSPS) is 11.3. The molecular formula is C25H31NO2. The Hall–Kier alpha value is -2.36. The molecule has 3 aromatic rings. The van der Waals surface area contributed by atoms with Gasteiger partial charge in [-0.1, -0.05) is 60.2 Å². The van der Waals surface area contributed by atoms with E-state index >= 15 is 0 Å². The molecule has 0 aliphatic rings. The van der Waals surface area contributed by atoms with Crippen molar-refractivity contribution < 1.29 is 9.47 Å². The first kappa shape index (κ1) is 20.4. The molecule has 1 N–H and O–H groups in total. The van der Waals surface area contributed by atoms with Crippen LogP contribution in [0.15, 0.2) is 60.7 Å². The summed E-state index contributed by atoms with van der Waals surface area (Å²) in [6.45, 7) is 9.32. The van der Waals surface area contributed by atoms with E-state index in [2.05, 4.69) is 86.8 Å². The molecule has 28 heavy (non-hydrogen) atoms. The summed E-state index contributed by atoms with van der Waals surface area (Å²) in [5.74, 6) is 0.949. The molecule has 0 bridgehead atoms. The number of hydrogen-bond acceptors (Lipinski definition) is 3. The summed E-state index contributed by atoms with van der Waals surface area (Å²) >= 11 is 0. The van der Waals surface area contributed by atoms with Crippen LogP contribution in [0.5, 0.6) is 5.75 Å². The third-order valence-corrected chi connectivity index (χ3v) is 4.76. The molecule has 0 unspecified atom stereocenters. The molecule has 0 atom stereocenters. The van der Waals surface area contributed by atoms with Crippen molar-refractivity contribution in [2.45, 2.75) is 46.4 Å². The van der Waals surface area contributed by atoms with E-state index in [-0.39, 0.29) is 0 Å². The van der Waals surface area contributed by atoms with E-state index in [1.165, 1.54) is 27.5 Å². The Bertz CT molecular complexity index is 871. The highest BCUT2D eigenvalue weighted by Gasteiger charge is 2.09. The van der Waals surface area contributed by atoms with Crippen LogP contribution in [-0.2, 0) is 17.9 Å². The molecule has 0 aliphatic heterocycles. The van der Waals surface area contributed by atoms with Crippen LogP contribution < -0.4 is 10.1 Å². The van der Waals surface area contributed by atoms with E-state index < -0.39 is 0 Å². The van der Waals surface area contributed by atoms with Crippen molar-refractivity contribution in [3.63, 3.8) is 0 Å². The second kappa shape index (κ2) is 10.3. The lowest BCUT2D eigenvalue weighted by Crippen LogP contribution is -2.18. The van der Waals surface area contributed by atoms with Gasteiger partial charge in [-0.05, 0) is 56.1 Å². The molecule has 0 fully saturated rings. The molecule has 0 amide bonds. The molecule has 0 heterocycles. The summed E-state index contributed by atoms with van der Waals surface area (Å²) in [5.41, 5.74) is 3.67. The van der Waals surface area contributed by atoms with Crippen molar-refractivity contribution in [1.29, 1.82) is 0 Å². The highest BCUT2D eigenvalue weighted by atomic mass is 16.5. The Morgan fingerprint density at radius 1 is 0.929 bits per heavy atom. The number of nitrogens with one attached hydrogen (secondary N) is 1. The van der Waals surface area contributed by atoms with Gasteiger partial charge in [-0.2, -0.15) is 0 Å². The summed E-state index contributed by atoms with van der Waals surface area (Å²) < 4.78 is 11.8. The average Bonchev–Trinajstić information content (AvgIpc) is 2.70. The van der Waals surface area contributed by atoms with Crippen LogP contribution in [0, 0.1) is 6.92 Å². The van der Waals surface area contributed by atoms with E-state index in [1.54, 1.807) is 0 Å². The second-order valence-electron chi connectivity index (χ2n) is 7.49. The van der Waals surface area contributed by atoms with Crippen LogP contribution in [0.4, 0.5) is 0 Å². The topological polar surface area (TPSA) is 30.5 Å². The third-order valence-electron chi connectivity index (χ3n) is 4.76. The average molecular weight is 378 g/mol. The minimum atomic E-state index is 0.292. The minimum Gasteiger partial charge on any atom is -0.489 e. The van der Waals surface area contributed by atoms with Gasteiger partial charge in [0.05, 0.1) is 6.10 Å². The molecule has 0 aliphatic carbocycles. The number of fused-ring (bicyclic) bond motifs is 1. The van der Waals surface area contributed by atoms with Crippen LogP contribution in [0.25, 0.3) is 10.8 Å². The first-order chi connectivity index (χ1) is 13.6. The summed E-state index contributed by atoms with van der Waals surface area (Å²) in [7, 11) is 0. The van der Waals surface area contributed by atoms with Gasteiger partial charge >= 0.3 is 0 Å². The fraction of sp³-hybridized carbons (Fsp3) is 0.360. The summed E-state index contributed by atoms with van der Waals surface area (Å²) in [4.78, 5) is 0. The van der Waals surface area contributed by atoms with E-state index in [0.717, 1.165) is 31.9 Å². The van der Waals surface area contributed by atoms with Gasteiger partial charge in [0.1, 0.15) is 12.4 Å². The molecule has 3 heteroatoms. The maximum atomic E-state index is 6.22. The molecule has 0 spiro atoms. The van der Waals surface area contributed by atoms with Gasteiger partial charge in [0.15, 0.2) is 0 Å². The van der Waals surface area contributed by atoms with Crippen molar-refractivity contribution in [3.05, 3.63) is 77.4 Å². The van der Waals surface area contributed by atoms with Crippen LogP contribution >= 0.6 is 0 Å². The Labute approximate surface area is 168 Å². The summed E-state index contributed by atoms with van der Waals surface area (Å²) in [5, 5.41) is 6.04. The first-order valence-electron chi connectivity index (χ1n) is 10.1. The van der Waals surface area contributed by atoms with Gasteiger partial charge in [-0.15, -0.1) is 0 Å². The molecule has 0 aromatic heterocycles. The summed E-state index contributed by atoms with van der Waals surface area (Å²) in [6.07, 6.45) is 1.29. The second-order valence-corrected chi connectivity index (χ2v) is 7.49. The molecule has 0 saturated carbocycles. The van der Waals surface area contributed by atoms with Gasteiger partial charge in [0, 0.05) is 18.7 Å². The first-order valence-corrected chi connectivity index (χ1v) is 10.1. The van der Waals surface area contributed by atoms with Gasteiger partial charge in [-0.3, -0.25) is 0 Å².